The molecule has 0 aromatic rings. The first kappa shape index (κ1) is 19.7. The van der Waals surface area contributed by atoms with Crippen molar-refractivity contribution in [3.05, 3.63) is 0 Å². The van der Waals surface area contributed by atoms with E-state index in [1.165, 1.54) is 0 Å². The molecule has 31 heavy (non-hydrogen) atoms. The van der Waals surface area contributed by atoms with Crippen molar-refractivity contribution in [1.82, 2.24) is 5.32 Å². The van der Waals surface area contributed by atoms with E-state index in [0.717, 1.165) is 19.3 Å². The molecule has 5 aliphatic carbocycles. The van der Waals surface area contributed by atoms with Crippen LogP contribution in [0.4, 0.5) is 0 Å². The van der Waals surface area contributed by atoms with Crippen molar-refractivity contribution in [1.29, 1.82) is 0 Å². The van der Waals surface area contributed by atoms with Crippen LogP contribution in [-0.2, 0) is 28.5 Å². The van der Waals surface area contributed by atoms with E-state index in [0.29, 0.717) is 6.42 Å². The zero-order chi connectivity index (χ0) is 21.6. The summed E-state index contributed by atoms with van der Waals surface area (Å²) in [6, 6.07) is -0.272. The Morgan fingerprint density at radius 2 is 1.97 bits per heavy atom. The first-order chi connectivity index (χ1) is 14.9. The molecule has 0 aromatic carbocycles. The van der Waals surface area contributed by atoms with Gasteiger partial charge in [-0.1, -0.05) is 6.92 Å². The summed E-state index contributed by atoms with van der Waals surface area (Å²) < 4.78 is 31.7. The fourth-order valence-corrected chi connectivity index (χ4v) is 10.5. The highest BCUT2D eigenvalue weighted by molar-refractivity contribution is 5.86. The van der Waals surface area contributed by atoms with Crippen molar-refractivity contribution in [2.45, 2.75) is 74.3 Å². The Morgan fingerprint density at radius 1 is 1.16 bits per heavy atom. The highest BCUT2D eigenvalue weighted by Gasteiger charge is 2.93. The van der Waals surface area contributed by atoms with Crippen molar-refractivity contribution < 1.29 is 33.6 Å². The van der Waals surface area contributed by atoms with Crippen LogP contribution in [0.3, 0.4) is 0 Å². The third kappa shape index (κ3) is 1.63. The fraction of sp³-hybridized carbons (Fsp3) is 0.957. The van der Waals surface area contributed by atoms with Gasteiger partial charge >= 0.3 is 0 Å². The molecule has 7 aliphatic rings. The van der Waals surface area contributed by atoms with Crippen LogP contribution in [-0.4, -0.2) is 80.8 Å². The van der Waals surface area contributed by atoms with Gasteiger partial charge < -0.3 is 34.1 Å². The number of nitrogens with one attached hydrogen (secondary N) is 1. The van der Waals surface area contributed by atoms with Crippen molar-refractivity contribution in [3.63, 3.8) is 0 Å². The number of fused-ring (bicyclic) bond motifs is 1. The highest BCUT2D eigenvalue weighted by Crippen LogP contribution is 2.81. The topological polar surface area (TPSA) is 95.5 Å². The summed E-state index contributed by atoms with van der Waals surface area (Å²) >= 11 is 0. The minimum atomic E-state index is -0.866. The van der Waals surface area contributed by atoms with Gasteiger partial charge in [0.25, 0.3) is 0 Å². The predicted molar refractivity (Wildman–Crippen MR) is 106 cm³/mol. The molecule has 8 nitrogen and oxygen atoms in total. The number of rotatable bonds is 3. The minimum absolute atomic E-state index is 0.0343. The van der Waals surface area contributed by atoms with Crippen molar-refractivity contribution in [3.8, 4) is 0 Å². The smallest absolute Gasteiger partial charge is 0.226 e. The number of aliphatic hydroxyl groups is 1. The van der Waals surface area contributed by atoms with E-state index in [-0.39, 0.29) is 66.1 Å². The Morgan fingerprint density at radius 3 is 2.68 bits per heavy atom. The van der Waals surface area contributed by atoms with Crippen LogP contribution in [0.1, 0.15) is 32.6 Å². The molecule has 13 atom stereocenters. The summed E-state index contributed by atoms with van der Waals surface area (Å²) in [5, 5.41) is 15.1. The summed E-state index contributed by atoms with van der Waals surface area (Å²) in [7, 11) is 5.24. The van der Waals surface area contributed by atoms with Gasteiger partial charge in [0.1, 0.15) is 18.0 Å². The molecule has 7 bridgehead atoms. The summed E-state index contributed by atoms with van der Waals surface area (Å²) in [5.74, 6) is 0.155. The lowest BCUT2D eigenvalue weighted by atomic mass is 9.43. The molecule has 1 amide bonds. The maximum absolute atomic E-state index is 13.6. The molecule has 5 saturated carbocycles. The van der Waals surface area contributed by atoms with E-state index in [9.17, 15) is 9.90 Å². The van der Waals surface area contributed by atoms with Crippen LogP contribution in [0.25, 0.3) is 0 Å². The monoisotopic (exact) mass is 435 g/mol. The molecule has 3 spiro atoms. The van der Waals surface area contributed by atoms with E-state index in [2.05, 4.69) is 12.2 Å². The van der Waals surface area contributed by atoms with Crippen LogP contribution in [0.15, 0.2) is 0 Å². The van der Waals surface area contributed by atoms with Crippen molar-refractivity contribution in [2.24, 2.45) is 34.5 Å². The lowest BCUT2D eigenvalue weighted by Gasteiger charge is -2.66. The maximum Gasteiger partial charge on any atom is 0.226 e. The molecule has 8 heteroatoms. The normalized spacial score (nSPS) is 64.9. The molecule has 2 heterocycles. The summed E-state index contributed by atoms with van der Waals surface area (Å²) in [6.07, 6.45) is 2.07. The molecule has 0 unspecified atom stereocenters. The lowest BCUT2D eigenvalue weighted by molar-refractivity contribution is -0.253. The Balaban J connectivity index is 1.57. The van der Waals surface area contributed by atoms with Crippen LogP contribution < -0.4 is 5.32 Å². The second-order valence-corrected chi connectivity index (χ2v) is 11.3. The van der Waals surface area contributed by atoms with E-state index >= 15 is 0 Å². The Labute approximate surface area is 182 Å². The largest absolute Gasteiger partial charge is 0.392 e. The Kier molecular flexibility index (Phi) is 3.58. The molecule has 7 rings (SSSR count). The van der Waals surface area contributed by atoms with Gasteiger partial charge in [-0.15, -0.1) is 0 Å². The van der Waals surface area contributed by atoms with Gasteiger partial charge in [-0.05, 0) is 25.2 Å². The van der Waals surface area contributed by atoms with E-state index in [1.807, 2.05) is 0 Å². The van der Waals surface area contributed by atoms with Crippen LogP contribution in [0, 0.1) is 34.5 Å². The van der Waals surface area contributed by atoms with Gasteiger partial charge in [-0.2, -0.15) is 0 Å². The molecule has 2 N–H and O–H groups in total. The number of ether oxygens (including phenoxy) is 5. The predicted octanol–water partition coefficient (Wildman–Crippen LogP) is 0.459. The van der Waals surface area contributed by atoms with Gasteiger partial charge in [-0.25, -0.2) is 0 Å². The zero-order valence-electron chi connectivity index (χ0n) is 18.6. The maximum atomic E-state index is 13.6. The molecular formula is C23H33NO7. The van der Waals surface area contributed by atoms with Gasteiger partial charge in [0.2, 0.25) is 5.91 Å². The minimum Gasteiger partial charge on any atom is -0.392 e. The molecule has 172 valence electrons. The number of aliphatic hydroxyl groups excluding tert-OH is 1. The number of piperidine rings is 1. The quantitative estimate of drug-likeness (QED) is 0.665. The van der Waals surface area contributed by atoms with E-state index in [4.69, 9.17) is 23.7 Å². The average Bonchev–Trinajstić information content (AvgIpc) is 3.30. The highest BCUT2D eigenvalue weighted by atomic mass is 16.7. The third-order valence-corrected chi connectivity index (χ3v) is 11.2. The fourth-order valence-electron chi connectivity index (χ4n) is 10.5. The Hall–Kier alpha value is -0.770. The van der Waals surface area contributed by atoms with Crippen LogP contribution >= 0.6 is 0 Å². The number of hydrogen-bond donors (Lipinski definition) is 2. The van der Waals surface area contributed by atoms with Crippen LogP contribution in [0.5, 0.6) is 0 Å². The number of carbonyl (C=O) groups is 1. The van der Waals surface area contributed by atoms with Gasteiger partial charge in [0.15, 0.2) is 0 Å². The standard InChI is InChI=1S/C23H33NO7/c1-20-6-5-13(28-3)22-11-7-10-12(27-2)8-21(14(11)15(10)25)23(31-9-30-21,17(29-4)16(20)22)18(22)24-19(20)26/h10-18,25H,5-9H2,1-4H3,(H,24,26)/t10-,11-,12-,13+,14-,15-,16+,17+,18-,20+,21+,22-,23+/m0/s1. The first-order valence-electron chi connectivity index (χ1n) is 11.7. The van der Waals surface area contributed by atoms with Crippen molar-refractivity contribution >= 4 is 5.91 Å². The first-order valence-corrected chi connectivity index (χ1v) is 11.7. The van der Waals surface area contributed by atoms with E-state index < -0.39 is 22.7 Å². The zero-order valence-corrected chi connectivity index (χ0v) is 18.6. The van der Waals surface area contributed by atoms with Gasteiger partial charge in [0, 0.05) is 50.9 Å². The van der Waals surface area contributed by atoms with Crippen molar-refractivity contribution in [2.75, 3.05) is 28.1 Å². The molecule has 2 aliphatic heterocycles. The summed E-state index contributed by atoms with van der Waals surface area (Å²) in [5.41, 5.74) is -2.55. The number of methoxy groups -OCH3 is 3. The number of hydrogen-bond acceptors (Lipinski definition) is 7. The molecular weight excluding hydrogens is 402 g/mol. The SMILES string of the molecule is CO[C@H]1C[C@]23OCO[C@@]24[C@H](OC)[C@H]2[C@@]5([C@H](OC)CC[C@@]2(C)C(=O)N[C@@H]54)[C@H]2C[C@@H]1[C@H](O)[C@H]23. The van der Waals surface area contributed by atoms with E-state index in [1.54, 1.807) is 21.3 Å². The van der Waals surface area contributed by atoms with Gasteiger partial charge in [0.05, 0.1) is 35.9 Å². The second-order valence-electron chi connectivity index (χ2n) is 11.3. The lowest BCUT2D eigenvalue weighted by Crippen LogP contribution is -2.81. The Bertz CT molecular complexity index is 854. The summed E-state index contributed by atoms with van der Waals surface area (Å²) in [6.45, 7) is 2.24. The van der Waals surface area contributed by atoms with Crippen LogP contribution in [0.2, 0.25) is 0 Å². The summed E-state index contributed by atoms with van der Waals surface area (Å²) in [4.78, 5) is 13.6. The van der Waals surface area contributed by atoms with Gasteiger partial charge in [-0.3, -0.25) is 4.79 Å². The third-order valence-electron chi connectivity index (χ3n) is 11.2. The second kappa shape index (κ2) is 5.65. The molecule has 7 fully saturated rings. The molecule has 0 aromatic heterocycles. The number of carbonyl (C=O) groups excluding carboxylic acids is 1. The molecule has 2 saturated heterocycles. The molecule has 0 radical (unpaired) electrons. The average molecular weight is 436 g/mol. The number of amides is 1.